The molecule has 2 N–H and O–H groups in total. The lowest BCUT2D eigenvalue weighted by molar-refractivity contribution is -0.138. The second-order valence-corrected chi connectivity index (χ2v) is 5.79. The van der Waals surface area contributed by atoms with Crippen molar-refractivity contribution in [3.63, 3.8) is 0 Å². The first-order chi connectivity index (χ1) is 11.4. The summed E-state index contributed by atoms with van der Waals surface area (Å²) in [6.07, 6.45) is 0. The van der Waals surface area contributed by atoms with E-state index in [-0.39, 0.29) is 12.5 Å². The number of carboxylic acids is 1. The first kappa shape index (κ1) is 17.5. The second kappa shape index (κ2) is 7.64. The van der Waals surface area contributed by atoms with Crippen LogP contribution >= 0.6 is 0 Å². The number of ether oxygens (including phenoxy) is 1. The van der Waals surface area contributed by atoms with E-state index < -0.39 is 11.9 Å². The van der Waals surface area contributed by atoms with Gasteiger partial charge < -0.3 is 15.2 Å². The van der Waals surface area contributed by atoms with Crippen molar-refractivity contribution in [3.05, 3.63) is 59.2 Å². The first-order valence-corrected chi connectivity index (χ1v) is 7.69. The van der Waals surface area contributed by atoms with Gasteiger partial charge in [-0.2, -0.15) is 0 Å². The molecule has 0 aromatic heterocycles. The maximum absolute atomic E-state index is 12.0. The number of carbonyl (C=O) groups excluding carboxylic acids is 1. The highest BCUT2D eigenvalue weighted by atomic mass is 16.5. The molecular weight excluding hydrogens is 306 g/mol. The van der Waals surface area contributed by atoms with Crippen LogP contribution in [0, 0.1) is 13.8 Å². The SMILES string of the molecule is Cc1ccc(C)c(OCC(=O)Nc2ccc(C(C)C(=O)O)cc2)c1. The maximum Gasteiger partial charge on any atom is 0.310 e. The molecule has 0 aliphatic heterocycles. The molecule has 2 aromatic rings. The summed E-state index contributed by atoms with van der Waals surface area (Å²) in [6, 6.07) is 12.6. The smallest absolute Gasteiger partial charge is 0.310 e. The molecule has 24 heavy (non-hydrogen) atoms. The zero-order valence-corrected chi connectivity index (χ0v) is 14.0. The van der Waals surface area contributed by atoms with Gasteiger partial charge in [-0.1, -0.05) is 24.3 Å². The Bertz CT molecular complexity index is 738. The summed E-state index contributed by atoms with van der Waals surface area (Å²) in [5, 5.41) is 11.7. The molecule has 2 aromatic carbocycles. The number of hydrogen-bond donors (Lipinski definition) is 2. The molecule has 1 amide bonds. The molecule has 2 rings (SSSR count). The molecule has 0 saturated carbocycles. The van der Waals surface area contributed by atoms with E-state index in [1.807, 2.05) is 32.0 Å². The Morgan fingerprint density at radius 2 is 1.79 bits per heavy atom. The van der Waals surface area contributed by atoms with Crippen molar-refractivity contribution in [1.29, 1.82) is 0 Å². The van der Waals surface area contributed by atoms with Crippen LogP contribution in [0.25, 0.3) is 0 Å². The summed E-state index contributed by atoms with van der Waals surface area (Å²) in [7, 11) is 0. The van der Waals surface area contributed by atoms with Gasteiger partial charge in [-0.05, 0) is 55.7 Å². The molecule has 126 valence electrons. The summed E-state index contributed by atoms with van der Waals surface area (Å²) < 4.78 is 5.56. The fraction of sp³-hybridized carbons (Fsp3) is 0.263. The van der Waals surface area contributed by atoms with Crippen LogP contribution in [0.3, 0.4) is 0 Å². The van der Waals surface area contributed by atoms with Crippen LogP contribution in [-0.4, -0.2) is 23.6 Å². The van der Waals surface area contributed by atoms with Crippen molar-refractivity contribution in [2.45, 2.75) is 26.7 Å². The van der Waals surface area contributed by atoms with Crippen LogP contribution in [-0.2, 0) is 9.59 Å². The predicted octanol–water partition coefficient (Wildman–Crippen LogP) is 3.51. The molecule has 5 heteroatoms. The highest BCUT2D eigenvalue weighted by Crippen LogP contribution is 2.20. The fourth-order valence-electron chi connectivity index (χ4n) is 2.20. The third-order valence-corrected chi connectivity index (χ3v) is 3.77. The van der Waals surface area contributed by atoms with Crippen LogP contribution < -0.4 is 10.1 Å². The Kier molecular flexibility index (Phi) is 5.58. The Hall–Kier alpha value is -2.82. The van der Waals surface area contributed by atoms with E-state index in [4.69, 9.17) is 9.84 Å². The predicted molar refractivity (Wildman–Crippen MR) is 92.5 cm³/mol. The fourth-order valence-corrected chi connectivity index (χ4v) is 2.20. The summed E-state index contributed by atoms with van der Waals surface area (Å²) in [4.78, 5) is 22.9. The van der Waals surface area contributed by atoms with Gasteiger partial charge in [0.15, 0.2) is 6.61 Å². The zero-order valence-electron chi connectivity index (χ0n) is 14.0. The van der Waals surface area contributed by atoms with Gasteiger partial charge in [0.25, 0.3) is 5.91 Å². The van der Waals surface area contributed by atoms with Crippen molar-refractivity contribution in [2.24, 2.45) is 0 Å². The Morgan fingerprint density at radius 3 is 2.42 bits per heavy atom. The van der Waals surface area contributed by atoms with Gasteiger partial charge >= 0.3 is 5.97 Å². The van der Waals surface area contributed by atoms with Gasteiger partial charge in [-0.15, -0.1) is 0 Å². The maximum atomic E-state index is 12.0. The number of hydrogen-bond acceptors (Lipinski definition) is 3. The van der Waals surface area contributed by atoms with Gasteiger partial charge in [0, 0.05) is 5.69 Å². The molecule has 5 nitrogen and oxygen atoms in total. The van der Waals surface area contributed by atoms with Gasteiger partial charge in [-0.3, -0.25) is 9.59 Å². The number of aryl methyl sites for hydroxylation is 2. The summed E-state index contributed by atoms with van der Waals surface area (Å²) >= 11 is 0. The molecule has 0 radical (unpaired) electrons. The second-order valence-electron chi connectivity index (χ2n) is 5.79. The van der Waals surface area contributed by atoms with Crippen LogP contribution in [0.15, 0.2) is 42.5 Å². The lowest BCUT2D eigenvalue weighted by Gasteiger charge is -2.11. The number of aliphatic carboxylic acids is 1. The number of amides is 1. The molecule has 0 saturated heterocycles. The molecule has 0 heterocycles. The highest BCUT2D eigenvalue weighted by Gasteiger charge is 2.13. The van der Waals surface area contributed by atoms with Crippen LogP contribution in [0.1, 0.15) is 29.5 Å². The number of benzene rings is 2. The van der Waals surface area contributed by atoms with Crippen molar-refractivity contribution in [3.8, 4) is 5.75 Å². The normalized spacial score (nSPS) is 11.6. The number of carboxylic acid groups (broad SMARTS) is 1. The van der Waals surface area contributed by atoms with Gasteiger partial charge in [-0.25, -0.2) is 0 Å². The minimum absolute atomic E-state index is 0.0857. The van der Waals surface area contributed by atoms with Crippen LogP contribution in [0.5, 0.6) is 5.75 Å². The number of anilines is 1. The largest absolute Gasteiger partial charge is 0.483 e. The highest BCUT2D eigenvalue weighted by molar-refractivity contribution is 5.92. The molecular formula is C19H21NO4. The number of rotatable bonds is 6. The van der Waals surface area contributed by atoms with Crippen LogP contribution in [0.4, 0.5) is 5.69 Å². The summed E-state index contributed by atoms with van der Waals surface area (Å²) in [5.74, 6) is -1.04. The Balaban J connectivity index is 1.92. The average molecular weight is 327 g/mol. The van der Waals surface area contributed by atoms with Crippen molar-refractivity contribution >= 4 is 17.6 Å². The minimum Gasteiger partial charge on any atom is -0.483 e. The summed E-state index contributed by atoms with van der Waals surface area (Å²) in [6.45, 7) is 5.42. The Morgan fingerprint density at radius 1 is 1.12 bits per heavy atom. The molecule has 0 fully saturated rings. The third kappa shape index (κ3) is 4.59. The van der Waals surface area contributed by atoms with Gasteiger partial charge in [0.1, 0.15) is 5.75 Å². The van der Waals surface area contributed by atoms with Crippen molar-refractivity contribution < 1.29 is 19.4 Å². The van der Waals surface area contributed by atoms with Gasteiger partial charge in [0.05, 0.1) is 5.92 Å². The van der Waals surface area contributed by atoms with Gasteiger partial charge in [0.2, 0.25) is 0 Å². The van der Waals surface area contributed by atoms with E-state index in [1.165, 1.54) is 0 Å². The quantitative estimate of drug-likeness (QED) is 0.851. The summed E-state index contributed by atoms with van der Waals surface area (Å²) in [5.41, 5.74) is 3.33. The zero-order chi connectivity index (χ0) is 17.7. The molecule has 0 aliphatic rings. The monoisotopic (exact) mass is 327 g/mol. The topological polar surface area (TPSA) is 75.6 Å². The third-order valence-electron chi connectivity index (χ3n) is 3.77. The van der Waals surface area contributed by atoms with E-state index in [9.17, 15) is 9.59 Å². The van der Waals surface area contributed by atoms with Crippen LogP contribution in [0.2, 0.25) is 0 Å². The number of carbonyl (C=O) groups is 2. The first-order valence-electron chi connectivity index (χ1n) is 7.69. The van der Waals surface area contributed by atoms with E-state index in [0.717, 1.165) is 11.1 Å². The minimum atomic E-state index is -0.881. The average Bonchev–Trinajstić information content (AvgIpc) is 2.55. The van der Waals surface area contributed by atoms with E-state index >= 15 is 0 Å². The van der Waals surface area contributed by atoms with Crippen molar-refractivity contribution in [2.75, 3.05) is 11.9 Å². The molecule has 0 aliphatic carbocycles. The molecule has 0 spiro atoms. The Labute approximate surface area is 141 Å². The molecule has 1 atom stereocenters. The van der Waals surface area contributed by atoms with E-state index in [0.29, 0.717) is 17.0 Å². The lowest BCUT2D eigenvalue weighted by Crippen LogP contribution is -2.20. The molecule has 1 unspecified atom stereocenters. The van der Waals surface area contributed by atoms with Crippen molar-refractivity contribution in [1.82, 2.24) is 0 Å². The van der Waals surface area contributed by atoms with E-state index in [2.05, 4.69) is 5.32 Å². The standard InChI is InChI=1S/C19H21NO4/c1-12-4-5-13(2)17(10-12)24-11-18(21)20-16-8-6-15(7-9-16)14(3)19(22)23/h4-10,14H,11H2,1-3H3,(H,20,21)(H,22,23). The molecule has 0 bridgehead atoms. The van der Waals surface area contributed by atoms with E-state index in [1.54, 1.807) is 31.2 Å². The number of nitrogens with one attached hydrogen (secondary N) is 1. The lowest BCUT2D eigenvalue weighted by atomic mass is 10.0.